The van der Waals surface area contributed by atoms with Crippen molar-refractivity contribution in [2.75, 3.05) is 29.4 Å². The van der Waals surface area contributed by atoms with Crippen LogP contribution in [-0.2, 0) is 14.8 Å². The van der Waals surface area contributed by atoms with Crippen molar-refractivity contribution in [3.8, 4) is 0 Å². The van der Waals surface area contributed by atoms with Crippen LogP contribution in [0.3, 0.4) is 0 Å². The molecule has 9 heteroatoms. The molecule has 2 amide bonds. The zero-order valence-electron chi connectivity index (χ0n) is 16.0. The lowest BCUT2D eigenvalue weighted by atomic mass is 10.1. The number of rotatable bonds is 7. The fraction of sp³-hybridized carbons (Fsp3) is 0.300. The number of benzene rings is 2. The molecule has 0 unspecified atom stereocenters. The van der Waals surface area contributed by atoms with E-state index < -0.39 is 15.9 Å². The fourth-order valence-corrected chi connectivity index (χ4v) is 3.56. The van der Waals surface area contributed by atoms with Gasteiger partial charge in [-0.1, -0.05) is 12.1 Å². The molecule has 0 spiro atoms. The quantitative estimate of drug-likeness (QED) is 0.639. The second kappa shape index (κ2) is 9.06. The average Bonchev–Trinajstić information content (AvgIpc) is 3.19. The third kappa shape index (κ3) is 6.03. The van der Waals surface area contributed by atoms with Gasteiger partial charge < -0.3 is 15.4 Å². The van der Waals surface area contributed by atoms with Gasteiger partial charge in [0.05, 0.1) is 23.6 Å². The Hall–Kier alpha value is -2.91. The molecule has 1 atom stereocenters. The van der Waals surface area contributed by atoms with E-state index in [1.807, 2.05) is 0 Å². The van der Waals surface area contributed by atoms with Gasteiger partial charge in [-0.05, 0) is 49.2 Å². The molecule has 29 heavy (non-hydrogen) atoms. The van der Waals surface area contributed by atoms with E-state index in [1.54, 1.807) is 24.3 Å². The molecule has 0 aromatic heterocycles. The molecule has 0 saturated carbocycles. The molecule has 0 radical (unpaired) electrons. The van der Waals surface area contributed by atoms with E-state index in [9.17, 15) is 18.0 Å². The summed E-state index contributed by atoms with van der Waals surface area (Å²) in [7, 11) is -3.39. The maximum absolute atomic E-state index is 12.6. The predicted octanol–water partition coefficient (Wildman–Crippen LogP) is 2.22. The zero-order chi connectivity index (χ0) is 20.9. The molecular formula is C20H23N3O5S. The maximum Gasteiger partial charge on any atom is 0.255 e. The molecule has 8 nitrogen and oxygen atoms in total. The average molecular weight is 417 g/mol. The van der Waals surface area contributed by atoms with Crippen molar-refractivity contribution in [1.82, 2.24) is 5.32 Å². The molecule has 2 aromatic carbocycles. The number of carbonyl (C=O) groups excluding carboxylic acids is 2. The van der Waals surface area contributed by atoms with Gasteiger partial charge in [-0.25, -0.2) is 8.42 Å². The van der Waals surface area contributed by atoms with Gasteiger partial charge in [-0.15, -0.1) is 0 Å². The summed E-state index contributed by atoms with van der Waals surface area (Å²) in [6, 6.07) is 12.7. The van der Waals surface area contributed by atoms with E-state index in [4.69, 9.17) is 4.74 Å². The largest absolute Gasteiger partial charge is 0.376 e. The zero-order valence-corrected chi connectivity index (χ0v) is 16.8. The summed E-state index contributed by atoms with van der Waals surface area (Å²) in [6.07, 6.45) is 2.99. The molecule has 2 aromatic rings. The molecule has 1 saturated heterocycles. The lowest BCUT2D eigenvalue weighted by Gasteiger charge is -2.14. The standard InChI is InChI=1S/C20H23N3O5S/c1-29(26,27)23-15-10-8-14(9-11-15)19(24)22-18-7-3-2-6-17(18)20(25)21-13-16-5-4-12-28-16/h2-3,6-11,16,23H,4-5,12-13H2,1H3,(H,21,25)(H,22,24)/t16-/m1/s1. The van der Waals surface area contributed by atoms with Gasteiger partial charge in [0.15, 0.2) is 0 Å². The van der Waals surface area contributed by atoms with E-state index in [-0.39, 0.29) is 12.0 Å². The second-order valence-electron chi connectivity index (χ2n) is 6.80. The molecule has 3 rings (SSSR count). The monoisotopic (exact) mass is 417 g/mol. The van der Waals surface area contributed by atoms with Crippen molar-refractivity contribution in [2.45, 2.75) is 18.9 Å². The lowest BCUT2D eigenvalue weighted by molar-refractivity contribution is 0.0858. The number of nitrogens with one attached hydrogen (secondary N) is 3. The van der Waals surface area contributed by atoms with E-state index in [0.29, 0.717) is 35.7 Å². The van der Waals surface area contributed by atoms with Gasteiger partial charge in [0, 0.05) is 24.4 Å². The van der Waals surface area contributed by atoms with Gasteiger partial charge >= 0.3 is 0 Å². The summed E-state index contributed by atoms with van der Waals surface area (Å²) < 4.78 is 30.4. The number of ether oxygens (including phenoxy) is 1. The van der Waals surface area contributed by atoms with E-state index in [1.165, 1.54) is 24.3 Å². The minimum absolute atomic E-state index is 0.0276. The minimum Gasteiger partial charge on any atom is -0.376 e. The highest BCUT2D eigenvalue weighted by atomic mass is 32.2. The van der Waals surface area contributed by atoms with Gasteiger partial charge in [-0.3, -0.25) is 14.3 Å². The number of hydrogen-bond donors (Lipinski definition) is 3. The first kappa shape index (κ1) is 20.8. The number of sulfonamides is 1. The molecule has 1 heterocycles. The van der Waals surface area contributed by atoms with Crippen molar-refractivity contribution in [3.63, 3.8) is 0 Å². The van der Waals surface area contributed by atoms with Gasteiger partial charge in [0.25, 0.3) is 11.8 Å². The molecular weight excluding hydrogens is 394 g/mol. The number of hydrogen-bond acceptors (Lipinski definition) is 5. The second-order valence-corrected chi connectivity index (χ2v) is 8.54. The number of amides is 2. The molecule has 0 aliphatic carbocycles. The van der Waals surface area contributed by atoms with E-state index in [2.05, 4.69) is 15.4 Å². The van der Waals surface area contributed by atoms with Crippen LogP contribution in [0.1, 0.15) is 33.6 Å². The highest BCUT2D eigenvalue weighted by Crippen LogP contribution is 2.18. The molecule has 1 aliphatic rings. The Morgan fingerprint density at radius 2 is 1.79 bits per heavy atom. The molecule has 154 valence electrons. The molecule has 1 fully saturated rings. The van der Waals surface area contributed by atoms with E-state index in [0.717, 1.165) is 19.1 Å². The highest BCUT2D eigenvalue weighted by molar-refractivity contribution is 7.92. The number of para-hydroxylation sites is 1. The van der Waals surface area contributed by atoms with Crippen LogP contribution in [0.4, 0.5) is 11.4 Å². The van der Waals surface area contributed by atoms with Crippen molar-refractivity contribution < 1.29 is 22.7 Å². The van der Waals surface area contributed by atoms with Crippen LogP contribution in [0.25, 0.3) is 0 Å². The van der Waals surface area contributed by atoms with Crippen molar-refractivity contribution in [3.05, 3.63) is 59.7 Å². The third-order valence-electron chi connectivity index (χ3n) is 4.38. The van der Waals surface area contributed by atoms with Crippen LogP contribution >= 0.6 is 0 Å². The first-order valence-electron chi connectivity index (χ1n) is 9.20. The van der Waals surface area contributed by atoms with Crippen LogP contribution in [0, 0.1) is 0 Å². The van der Waals surface area contributed by atoms with Gasteiger partial charge in [0.1, 0.15) is 0 Å². The third-order valence-corrected chi connectivity index (χ3v) is 4.99. The molecule has 0 bridgehead atoms. The van der Waals surface area contributed by atoms with Crippen molar-refractivity contribution in [1.29, 1.82) is 0 Å². The van der Waals surface area contributed by atoms with Gasteiger partial charge in [0.2, 0.25) is 10.0 Å². The molecule has 1 aliphatic heterocycles. The summed E-state index contributed by atoms with van der Waals surface area (Å²) >= 11 is 0. The summed E-state index contributed by atoms with van der Waals surface area (Å²) in [5.74, 6) is -0.695. The van der Waals surface area contributed by atoms with Crippen molar-refractivity contribution >= 4 is 33.2 Å². The van der Waals surface area contributed by atoms with Crippen LogP contribution in [-0.4, -0.2) is 45.7 Å². The summed E-state index contributed by atoms with van der Waals surface area (Å²) in [4.78, 5) is 25.1. The normalized spacial score (nSPS) is 16.2. The fourth-order valence-electron chi connectivity index (χ4n) is 3.00. The Balaban J connectivity index is 1.66. The molecule has 3 N–H and O–H groups in total. The summed E-state index contributed by atoms with van der Waals surface area (Å²) in [5.41, 5.74) is 1.44. The number of carbonyl (C=O) groups is 2. The first-order valence-corrected chi connectivity index (χ1v) is 11.1. The van der Waals surface area contributed by atoms with Crippen molar-refractivity contribution in [2.24, 2.45) is 0 Å². The minimum atomic E-state index is -3.39. The Kier molecular flexibility index (Phi) is 6.50. The predicted molar refractivity (Wildman–Crippen MR) is 111 cm³/mol. The Bertz CT molecular complexity index is 983. The number of anilines is 2. The van der Waals surface area contributed by atoms with Crippen LogP contribution in [0.2, 0.25) is 0 Å². The van der Waals surface area contributed by atoms with Crippen LogP contribution in [0.5, 0.6) is 0 Å². The maximum atomic E-state index is 12.6. The topological polar surface area (TPSA) is 114 Å². The summed E-state index contributed by atoms with van der Waals surface area (Å²) in [6.45, 7) is 1.14. The lowest BCUT2D eigenvalue weighted by Crippen LogP contribution is -2.32. The van der Waals surface area contributed by atoms with E-state index >= 15 is 0 Å². The Labute approximate surface area is 169 Å². The van der Waals surface area contributed by atoms with Crippen LogP contribution in [0.15, 0.2) is 48.5 Å². The highest BCUT2D eigenvalue weighted by Gasteiger charge is 2.18. The van der Waals surface area contributed by atoms with Crippen LogP contribution < -0.4 is 15.4 Å². The summed E-state index contributed by atoms with van der Waals surface area (Å²) in [5, 5.41) is 5.58. The Morgan fingerprint density at radius 3 is 2.45 bits per heavy atom. The Morgan fingerprint density at radius 1 is 1.07 bits per heavy atom. The SMILES string of the molecule is CS(=O)(=O)Nc1ccc(C(=O)Nc2ccccc2C(=O)NC[C@H]2CCCO2)cc1. The first-order chi connectivity index (χ1) is 13.8. The van der Waals surface area contributed by atoms with Gasteiger partial charge in [-0.2, -0.15) is 0 Å². The smallest absolute Gasteiger partial charge is 0.255 e.